The van der Waals surface area contributed by atoms with Crippen molar-refractivity contribution in [2.45, 2.75) is 23.8 Å². The number of piperidine rings is 1. The maximum atomic E-state index is 15.1. The number of hydrogen-bond donors (Lipinski definition) is 1. The molecule has 5 nitrogen and oxygen atoms in total. The Labute approximate surface area is 184 Å². The fourth-order valence-corrected chi connectivity index (χ4v) is 4.39. The van der Waals surface area contributed by atoms with Gasteiger partial charge in [-0.05, 0) is 60.6 Å². The molecular weight excluding hydrogens is 413 g/mol. The van der Waals surface area contributed by atoms with E-state index in [1.807, 2.05) is 36.6 Å². The Kier molecular flexibility index (Phi) is 6.32. The summed E-state index contributed by atoms with van der Waals surface area (Å²) in [5, 5.41) is 2.77. The highest BCUT2D eigenvalue weighted by atomic mass is 32.2. The second-order valence-corrected chi connectivity index (χ2v) is 8.11. The van der Waals surface area contributed by atoms with E-state index >= 15 is 4.39 Å². The van der Waals surface area contributed by atoms with Crippen LogP contribution in [-0.4, -0.2) is 35.6 Å². The van der Waals surface area contributed by atoms with Crippen LogP contribution in [0.1, 0.15) is 23.2 Å². The lowest BCUT2D eigenvalue weighted by Crippen LogP contribution is -2.52. The third-order valence-electron chi connectivity index (χ3n) is 5.34. The van der Waals surface area contributed by atoms with Crippen molar-refractivity contribution in [2.75, 3.05) is 17.7 Å². The average Bonchev–Trinajstić information content (AvgIpc) is 2.81. The van der Waals surface area contributed by atoms with E-state index < -0.39 is 11.9 Å². The molecule has 0 bridgehead atoms. The van der Waals surface area contributed by atoms with Crippen LogP contribution in [0.3, 0.4) is 0 Å². The molecule has 1 fully saturated rings. The minimum Gasteiger partial charge on any atom is -0.340 e. The molecule has 0 radical (unpaired) electrons. The van der Waals surface area contributed by atoms with Gasteiger partial charge >= 0.3 is 0 Å². The molecule has 158 valence electrons. The van der Waals surface area contributed by atoms with Gasteiger partial charge in [-0.1, -0.05) is 24.3 Å². The minimum atomic E-state index is -0.689. The number of benzene rings is 2. The predicted molar refractivity (Wildman–Crippen MR) is 121 cm³/mol. The Morgan fingerprint density at radius 1 is 1.16 bits per heavy atom. The second-order valence-electron chi connectivity index (χ2n) is 7.26. The lowest BCUT2D eigenvalue weighted by atomic mass is 10.0. The fraction of sp³-hybridized carbons (Fsp3) is 0.208. The van der Waals surface area contributed by atoms with Gasteiger partial charge in [0.05, 0.1) is 5.69 Å². The molecule has 1 saturated heterocycles. The first-order valence-electron chi connectivity index (χ1n) is 10.0. The van der Waals surface area contributed by atoms with Crippen molar-refractivity contribution in [3.05, 3.63) is 78.4 Å². The molecule has 0 spiro atoms. The molecule has 1 aliphatic rings. The van der Waals surface area contributed by atoms with Crippen LogP contribution in [0.25, 0.3) is 11.1 Å². The van der Waals surface area contributed by atoms with E-state index in [1.165, 1.54) is 23.4 Å². The minimum absolute atomic E-state index is 0.234. The maximum absolute atomic E-state index is 15.1. The SMILES string of the molecule is CSc1ccccc1-c1ccc(N2CCCC(NC(=O)c3ccncc3)C2=O)c(F)c1. The zero-order chi connectivity index (χ0) is 21.8. The molecule has 7 heteroatoms. The van der Waals surface area contributed by atoms with Gasteiger partial charge < -0.3 is 10.2 Å². The number of aromatic nitrogens is 1. The van der Waals surface area contributed by atoms with E-state index in [0.29, 0.717) is 24.9 Å². The van der Waals surface area contributed by atoms with Gasteiger partial charge in [0, 0.05) is 29.4 Å². The molecule has 31 heavy (non-hydrogen) atoms. The Morgan fingerprint density at radius 3 is 2.68 bits per heavy atom. The van der Waals surface area contributed by atoms with Crippen molar-refractivity contribution in [1.29, 1.82) is 0 Å². The number of halogens is 1. The number of nitrogens with zero attached hydrogens (tertiary/aromatic N) is 2. The van der Waals surface area contributed by atoms with Crippen molar-refractivity contribution < 1.29 is 14.0 Å². The highest BCUT2D eigenvalue weighted by Crippen LogP contribution is 2.33. The van der Waals surface area contributed by atoms with E-state index in [9.17, 15) is 9.59 Å². The smallest absolute Gasteiger partial charge is 0.252 e. The van der Waals surface area contributed by atoms with Crippen LogP contribution in [0, 0.1) is 5.82 Å². The number of hydrogen-bond acceptors (Lipinski definition) is 4. The van der Waals surface area contributed by atoms with Gasteiger partial charge in [-0.2, -0.15) is 0 Å². The van der Waals surface area contributed by atoms with Crippen LogP contribution in [0.2, 0.25) is 0 Å². The van der Waals surface area contributed by atoms with Crippen LogP contribution < -0.4 is 10.2 Å². The number of rotatable bonds is 5. The number of thioether (sulfide) groups is 1. The average molecular weight is 436 g/mol. The van der Waals surface area contributed by atoms with E-state index in [-0.39, 0.29) is 17.5 Å². The molecule has 1 unspecified atom stereocenters. The number of carbonyl (C=O) groups excluding carboxylic acids is 2. The van der Waals surface area contributed by atoms with Gasteiger partial charge in [-0.3, -0.25) is 14.6 Å². The summed E-state index contributed by atoms with van der Waals surface area (Å²) in [6.07, 6.45) is 6.22. The Hall–Kier alpha value is -3.19. The first kappa shape index (κ1) is 21.1. The van der Waals surface area contributed by atoms with Gasteiger partial charge in [0.2, 0.25) is 5.91 Å². The largest absolute Gasteiger partial charge is 0.340 e. The van der Waals surface area contributed by atoms with Crippen molar-refractivity contribution in [3.63, 3.8) is 0 Å². The van der Waals surface area contributed by atoms with Crippen molar-refractivity contribution >= 4 is 29.3 Å². The predicted octanol–water partition coefficient (Wildman–Crippen LogP) is 4.54. The second kappa shape index (κ2) is 9.31. The molecule has 2 amide bonds. The summed E-state index contributed by atoms with van der Waals surface area (Å²) in [4.78, 5) is 31.9. The van der Waals surface area contributed by atoms with E-state index in [4.69, 9.17) is 0 Å². The summed E-state index contributed by atoms with van der Waals surface area (Å²) in [6.45, 7) is 0.415. The van der Waals surface area contributed by atoms with Crippen molar-refractivity contribution in [1.82, 2.24) is 10.3 Å². The van der Waals surface area contributed by atoms with Crippen LogP contribution in [-0.2, 0) is 4.79 Å². The molecule has 2 aromatic carbocycles. The summed E-state index contributed by atoms with van der Waals surface area (Å²) >= 11 is 1.60. The number of anilines is 1. The number of nitrogens with one attached hydrogen (secondary N) is 1. The normalized spacial score (nSPS) is 16.3. The van der Waals surface area contributed by atoms with Gasteiger partial charge in [0.1, 0.15) is 11.9 Å². The molecule has 0 saturated carbocycles. The van der Waals surface area contributed by atoms with E-state index in [0.717, 1.165) is 16.0 Å². The lowest BCUT2D eigenvalue weighted by molar-refractivity contribution is -0.121. The lowest BCUT2D eigenvalue weighted by Gasteiger charge is -2.33. The maximum Gasteiger partial charge on any atom is 0.252 e. The first-order chi connectivity index (χ1) is 15.1. The van der Waals surface area contributed by atoms with Crippen molar-refractivity contribution in [2.24, 2.45) is 0 Å². The third-order valence-corrected chi connectivity index (χ3v) is 6.14. The Bertz CT molecular complexity index is 1110. The number of pyridine rings is 1. The summed E-state index contributed by atoms with van der Waals surface area (Å²) in [5.41, 5.74) is 2.38. The molecule has 3 aromatic rings. The highest BCUT2D eigenvalue weighted by Gasteiger charge is 2.32. The quantitative estimate of drug-likeness (QED) is 0.598. The number of amides is 2. The van der Waals surface area contributed by atoms with Crippen LogP contribution >= 0.6 is 11.8 Å². The molecule has 1 aromatic heterocycles. The highest BCUT2D eigenvalue weighted by molar-refractivity contribution is 7.98. The van der Waals surface area contributed by atoms with Crippen LogP contribution in [0.5, 0.6) is 0 Å². The molecule has 1 N–H and O–H groups in total. The topological polar surface area (TPSA) is 62.3 Å². The van der Waals surface area contributed by atoms with E-state index in [1.54, 1.807) is 30.0 Å². The molecule has 1 aliphatic heterocycles. The third kappa shape index (κ3) is 4.46. The molecule has 2 heterocycles. The summed E-state index contributed by atoms with van der Waals surface area (Å²) in [6, 6.07) is 15.3. The Morgan fingerprint density at radius 2 is 1.94 bits per heavy atom. The standard InChI is InChI=1S/C24H22FN3O2S/c1-31-22-7-3-2-5-18(22)17-8-9-21(19(25)15-17)28-14-4-6-20(24(28)30)27-23(29)16-10-12-26-13-11-16/h2-3,5,7-13,15,20H,4,6,14H2,1H3,(H,27,29). The molecule has 1 atom stereocenters. The van der Waals surface area contributed by atoms with Gasteiger partial charge in [-0.15, -0.1) is 11.8 Å². The zero-order valence-electron chi connectivity index (χ0n) is 17.0. The monoisotopic (exact) mass is 435 g/mol. The van der Waals surface area contributed by atoms with Gasteiger partial charge in [0.15, 0.2) is 0 Å². The van der Waals surface area contributed by atoms with Gasteiger partial charge in [-0.25, -0.2) is 4.39 Å². The summed E-state index contributed by atoms with van der Waals surface area (Å²) in [5.74, 6) is -1.10. The Balaban J connectivity index is 1.55. The van der Waals surface area contributed by atoms with E-state index in [2.05, 4.69) is 10.3 Å². The molecule has 4 rings (SSSR count). The summed E-state index contributed by atoms with van der Waals surface area (Å²) in [7, 11) is 0. The van der Waals surface area contributed by atoms with Crippen molar-refractivity contribution in [3.8, 4) is 11.1 Å². The first-order valence-corrected chi connectivity index (χ1v) is 11.3. The summed E-state index contributed by atoms with van der Waals surface area (Å²) < 4.78 is 15.1. The van der Waals surface area contributed by atoms with Crippen LogP contribution in [0.4, 0.5) is 10.1 Å². The van der Waals surface area contributed by atoms with Gasteiger partial charge in [0.25, 0.3) is 5.91 Å². The fourth-order valence-electron chi connectivity index (χ4n) is 3.77. The zero-order valence-corrected chi connectivity index (χ0v) is 17.9. The van der Waals surface area contributed by atoms with Crippen LogP contribution in [0.15, 0.2) is 71.9 Å². The molecule has 0 aliphatic carbocycles. The molecular formula is C24H22FN3O2S. The number of carbonyl (C=O) groups is 2.